The lowest BCUT2D eigenvalue weighted by molar-refractivity contribution is -0.104. The van der Waals surface area contributed by atoms with Crippen LogP contribution < -0.4 is 4.74 Å². The van der Waals surface area contributed by atoms with Crippen molar-refractivity contribution in [2.45, 2.75) is 0 Å². The molecule has 0 fully saturated rings. The van der Waals surface area contributed by atoms with Gasteiger partial charge in [0.25, 0.3) is 0 Å². The molecule has 0 amide bonds. The molecule has 0 atom stereocenters. The first-order valence-electron chi connectivity index (χ1n) is 3.74. The van der Waals surface area contributed by atoms with E-state index in [4.69, 9.17) is 4.74 Å². The van der Waals surface area contributed by atoms with Crippen LogP contribution in [0.15, 0.2) is 28.7 Å². The Morgan fingerprint density at radius 3 is 2.85 bits per heavy atom. The molecule has 0 aliphatic carbocycles. The van der Waals surface area contributed by atoms with Crippen molar-refractivity contribution >= 4 is 28.3 Å². The molecule has 0 spiro atoms. The molecular formula is C10H9BrO2. The average Bonchev–Trinajstić information content (AvgIpc) is 2.16. The highest BCUT2D eigenvalue weighted by Gasteiger charge is 2.01. The van der Waals surface area contributed by atoms with Crippen LogP contribution in [0.5, 0.6) is 5.75 Å². The Morgan fingerprint density at radius 1 is 1.46 bits per heavy atom. The molecule has 0 saturated carbocycles. The normalized spacial score (nSPS) is 10.3. The second-order valence-electron chi connectivity index (χ2n) is 2.36. The highest BCUT2D eigenvalue weighted by atomic mass is 79.9. The van der Waals surface area contributed by atoms with Crippen molar-refractivity contribution in [1.29, 1.82) is 0 Å². The molecule has 0 heterocycles. The molecule has 0 aliphatic rings. The van der Waals surface area contributed by atoms with Crippen LogP contribution >= 0.6 is 15.9 Å². The Balaban J connectivity index is 3.07. The molecule has 1 aromatic rings. The van der Waals surface area contributed by atoms with Crippen LogP contribution in [0.25, 0.3) is 6.08 Å². The van der Waals surface area contributed by atoms with Crippen LogP contribution in [0.3, 0.4) is 0 Å². The van der Waals surface area contributed by atoms with Crippen molar-refractivity contribution in [3.05, 3.63) is 34.3 Å². The van der Waals surface area contributed by atoms with E-state index in [2.05, 4.69) is 15.9 Å². The second-order valence-corrected chi connectivity index (χ2v) is 3.15. The highest BCUT2D eigenvalue weighted by Crippen LogP contribution is 2.28. The van der Waals surface area contributed by atoms with Gasteiger partial charge in [0.05, 0.1) is 11.6 Å². The van der Waals surface area contributed by atoms with E-state index in [1.807, 2.05) is 18.2 Å². The van der Waals surface area contributed by atoms with E-state index in [0.717, 1.165) is 22.1 Å². The maximum atomic E-state index is 10.1. The van der Waals surface area contributed by atoms with Gasteiger partial charge in [0.15, 0.2) is 0 Å². The minimum absolute atomic E-state index is 0.742. The van der Waals surface area contributed by atoms with Gasteiger partial charge in [-0.15, -0.1) is 0 Å². The molecule has 1 rings (SSSR count). The summed E-state index contributed by atoms with van der Waals surface area (Å²) >= 11 is 3.38. The Hall–Kier alpha value is -1.09. The van der Waals surface area contributed by atoms with Crippen molar-refractivity contribution in [1.82, 2.24) is 0 Å². The number of rotatable bonds is 3. The Morgan fingerprint density at radius 2 is 2.23 bits per heavy atom. The minimum Gasteiger partial charge on any atom is -0.496 e. The molecule has 68 valence electrons. The van der Waals surface area contributed by atoms with Crippen molar-refractivity contribution in [3.8, 4) is 5.75 Å². The predicted octanol–water partition coefficient (Wildman–Crippen LogP) is 2.67. The van der Waals surface area contributed by atoms with Gasteiger partial charge in [-0.1, -0.05) is 18.2 Å². The zero-order valence-corrected chi connectivity index (χ0v) is 8.74. The van der Waals surface area contributed by atoms with Crippen LogP contribution in [0.1, 0.15) is 5.56 Å². The molecule has 3 heteroatoms. The first-order chi connectivity index (χ1) is 6.29. The van der Waals surface area contributed by atoms with E-state index in [-0.39, 0.29) is 0 Å². The molecule has 1 aromatic carbocycles. The Labute approximate surface area is 85.3 Å². The van der Waals surface area contributed by atoms with Crippen LogP contribution in [0, 0.1) is 0 Å². The van der Waals surface area contributed by atoms with Gasteiger partial charge in [0, 0.05) is 0 Å². The summed E-state index contributed by atoms with van der Waals surface area (Å²) in [4.78, 5) is 10.1. The zero-order valence-electron chi connectivity index (χ0n) is 7.16. The van der Waals surface area contributed by atoms with E-state index in [1.165, 1.54) is 6.08 Å². The lowest BCUT2D eigenvalue weighted by atomic mass is 10.2. The third-order valence-electron chi connectivity index (χ3n) is 1.57. The zero-order chi connectivity index (χ0) is 9.68. The first-order valence-corrected chi connectivity index (χ1v) is 4.53. The third-order valence-corrected chi connectivity index (χ3v) is 2.42. The van der Waals surface area contributed by atoms with E-state index in [1.54, 1.807) is 13.2 Å². The highest BCUT2D eigenvalue weighted by molar-refractivity contribution is 9.10. The number of aldehydes is 1. The summed E-state index contributed by atoms with van der Waals surface area (Å²) < 4.78 is 5.95. The number of carbonyl (C=O) groups excluding carboxylic acids is 1. The molecule has 0 bridgehead atoms. The molecule has 2 nitrogen and oxygen atoms in total. The topological polar surface area (TPSA) is 26.3 Å². The van der Waals surface area contributed by atoms with Crippen molar-refractivity contribution < 1.29 is 9.53 Å². The van der Waals surface area contributed by atoms with Gasteiger partial charge in [-0.25, -0.2) is 0 Å². The largest absolute Gasteiger partial charge is 0.496 e. The quantitative estimate of drug-likeness (QED) is 0.600. The van der Waals surface area contributed by atoms with E-state index in [9.17, 15) is 4.79 Å². The maximum absolute atomic E-state index is 10.1. The van der Waals surface area contributed by atoms with Crippen molar-refractivity contribution in [2.75, 3.05) is 7.11 Å². The fraction of sp³-hybridized carbons (Fsp3) is 0.100. The van der Waals surface area contributed by atoms with Gasteiger partial charge < -0.3 is 4.74 Å². The molecule has 0 radical (unpaired) electrons. The van der Waals surface area contributed by atoms with Crippen molar-refractivity contribution in [2.24, 2.45) is 0 Å². The second kappa shape index (κ2) is 4.82. The van der Waals surface area contributed by atoms with Crippen LogP contribution in [-0.4, -0.2) is 13.4 Å². The molecule has 0 saturated heterocycles. The number of carbonyl (C=O) groups is 1. The molecular weight excluding hydrogens is 232 g/mol. The molecule has 13 heavy (non-hydrogen) atoms. The van der Waals surface area contributed by atoms with E-state index < -0.39 is 0 Å². The summed E-state index contributed by atoms with van der Waals surface area (Å²) in [5.41, 5.74) is 0.923. The average molecular weight is 241 g/mol. The maximum Gasteiger partial charge on any atom is 0.142 e. The SMILES string of the molecule is COc1cccc(/C=C/C=O)c1Br. The lowest BCUT2D eigenvalue weighted by Gasteiger charge is -2.04. The number of halogens is 1. The standard InChI is InChI=1S/C10H9BrO2/c1-13-9-6-2-4-8(10(9)11)5-3-7-12/h2-7H,1H3/b5-3+. The first kappa shape index (κ1) is 9.99. The fourth-order valence-corrected chi connectivity index (χ4v) is 1.52. The number of hydrogen-bond acceptors (Lipinski definition) is 2. The smallest absolute Gasteiger partial charge is 0.142 e. The number of ether oxygens (including phenoxy) is 1. The Kier molecular flexibility index (Phi) is 3.71. The van der Waals surface area contributed by atoms with Gasteiger partial charge in [0.2, 0.25) is 0 Å². The van der Waals surface area contributed by atoms with Gasteiger partial charge in [-0.05, 0) is 33.6 Å². The summed E-state index contributed by atoms with van der Waals surface area (Å²) in [7, 11) is 1.60. The summed E-state index contributed by atoms with van der Waals surface area (Å²) in [6.45, 7) is 0. The van der Waals surface area contributed by atoms with Crippen LogP contribution in [-0.2, 0) is 4.79 Å². The summed E-state index contributed by atoms with van der Waals surface area (Å²) in [6, 6.07) is 5.61. The predicted molar refractivity (Wildman–Crippen MR) is 55.8 cm³/mol. The molecule has 0 aromatic heterocycles. The third kappa shape index (κ3) is 2.42. The van der Waals surface area contributed by atoms with Crippen LogP contribution in [0.2, 0.25) is 0 Å². The summed E-state index contributed by atoms with van der Waals surface area (Å²) in [5, 5.41) is 0. The van der Waals surface area contributed by atoms with Gasteiger partial charge >= 0.3 is 0 Å². The number of methoxy groups -OCH3 is 1. The number of benzene rings is 1. The van der Waals surface area contributed by atoms with E-state index >= 15 is 0 Å². The monoisotopic (exact) mass is 240 g/mol. The van der Waals surface area contributed by atoms with Crippen molar-refractivity contribution in [3.63, 3.8) is 0 Å². The van der Waals surface area contributed by atoms with Gasteiger partial charge in [-0.2, -0.15) is 0 Å². The van der Waals surface area contributed by atoms with Gasteiger partial charge in [-0.3, -0.25) is 4.79 Å². The molecule has 0 aliphatic heterocycles. The summed E-state index contributed by atoms with van der Waals surface area (Å²) in [5.74, 6) is 0.757. The van der Waals surface area contributed by atoms with Gasteiger partial charge in [0.1, 0.15) is 12.0 Å². The lowest BCUT2D eigenvalue weighted by Crippen LogP contribution is -1.85. The minimum atomic E-state index is 0.742. The Bertz CT molecular complexity index is 332. The van der Waals surface area contributed by atoms with Crippen LogP contribution in [0.4, 0.5) is 0 Å². The number of allylic oxidation sites excluding steroid dienone is 1. The number of hydrogen-bond donors (Lipinski definition) is 0. The molecule has 0 unspecified atom stereocenters. The van der Waals surface area contributed by atoms with E-state index in [0.29, 0.717) is 0 Å². The summed E-state index contributed by atoms with van der Waals surface area (Å²) in [6.07, 6.45) is 3.91. The molecule has 0 N–H and O–H groups in total. The fourth-order valence-electron chi connectivity index (χ4n) is 0.957.